The van der Waals surface area contributed by atoms with Gasteiger partial charge < -0.3 is 10.2 Å². The summed E-state index contributed by atoms with van der Waals surface area (Å²) in [6.45, 7) is -0.277. The first kappa shape index (κ1) is 11.4. The van der Waals surface area contributed by atoms with Crippen LogP contribution in [0.2, 0.25) is 0 Å². The number of aromatic nitrogens is 1. The minimum absolute atomic E-state index is 0.0134. The van der Waals surface area contributed by atoms with Gasteiger partial charge in [-0.1, -0.05) is 0 Å². The first-order chi connectivity index (χ1) is 6.45. The maximum Gasteiger partial charge on any atom is 0.443 e. The molecular formula is C7H8F3NO2S. The molecule has 0 amide bonds. The van der Waals surface area contributed by atoms with Gasteiger partial charge >= 0.3 is 6.18 Å². The molecule has 0 aliphatic heterocycles. The van der Waals surface area contributed by atoms with E-state index in [2.05, 4.69) is 4.98 Å². The smallest absolute Gasteiger partial charge is 0.396 e. The summed E-state index contributed by atoms with van der Waals surface area (Å²) in [7, 11) is 0. The average molecular weight is 227 g/mol. The molecule has 1 rings (SSSR count). The number of alkyl halides is 3. The van der Waals surface area contributed by atoms with Crippen molar-refractivity contribution >= 4 is 11.3 Å². The maximum atomic E-state index is 12.1. The first-order valence-electron chi connectivity index (χ1n) is 3.77. The van der Waals surface area contributed by atoms with E-state index in [1.54, 1.807) is 0 Å². The molecule has 0 saturated heterocycles. The molecule has 0 aromatic carbocycles. The number of aliphatic hydroxyl groups is 2. The van der Waals surface area contributed by atoms with Crippen molar-refractivity contribution in [1.82, 2.24) is 4.98 Å². The summed E-state index contributed by atoms with van der Waals surface area (Å²) in [4.78, 5) is 3.26. The molecule has 0 spiro atoms. The van der Waals surface area contributed by atoms with Crippen LogP contribution in [0.3, 0.4) is 0 Å². The Morgan fingerprint density at radius 2 is 2.14 bits per heavy atom. The summed E-state index contributed by atoms with van der Waals surface area (Å²) in [6, 6.07) is 0. The summed E-state index contributed by atoms with van der Waals surface area (Å²) in [5, 5.41) is 16.7. The molecule has 3 nitrogen and oxygen atoms in total. The number of rotatable bonds is 3. The molecule has 0 radical (unpaired) electrons. The van der Waals surface area contributed by atoms with Crippen molar-refractivity contribution in [2.45, 2.75) is 18.7 Å². The van der Waals surface area contributed by atoms with E-state index in [9.17, 15) is 18.3 Å². The Kier molecular flexibility index (Phi) is 3.46. The van der Waals surface area contributed by atoms with Crippen molar-refractivity contribution < 1.29 is 23.4 Å². The SMILES string of the molecule is OCC[C@H](O)c1cnc(C(F)(F)F)s1. The van der Waals surface area contributed by atoms with Crippen molar-refractivity contribution in [3.63, 3.8) is 0 Å². The number of hydrogen-bond donors (Lipinski definition) is 2. The van der Waals surface area contributed by atoms with Gasteiger partial charge in [0.15, 0.2) is 5.01 Å². The molecule has 0 aliphatic carbocycles. The predicted octanol–water partition coefficient (Wildman–Crippen LogP) is 1.58. The highest BCUT2D eigenvalue weighted by Crippen LogP contribution is 2.34. The number of halogens is 3. The molecule has 0 bridgehead atoms. The van der Waals surface area contributed by atoms with Crippen LogP contribution in [-0.4, -0.2) is 21.8 Å². The number of hydrogen-bond acceptors (Lipinski definition) is 4. The molecule has 80 valence electrons. The van der Waals surface area contributed by atoms with E-state index in [0.29, 0.717) is 11.3 Å². The van der Waals surface area contributed by atoms with Crippen molar-refractivity contribution in [2.75, 3.05) is 6.61 Å². The van der Waals surface area contributed by atoms with E-state index in [1.165, 1.54) is 0 Å². The molecule has 0 aliphatic rings. The van der Waals surface area contributed by atoms with Crippen LogP contribution < -0.4 is 0 Å². The zero-order valence-corrected chi connectivity index (χ0v) is 7.77. The van der Waals surface area contributed by atoms with E-state index in [4.69, 9.17) is 5.11 Å². The van der Waals surface area contributed by atoms with Crippen LogP contribution >= 0.6 is 11.3 Å². The Morgan fingerprint density at radius 3 is 2.57 bits per heavy atom. The largest absolute Gasteiger partial charge is 0.443 e. The van der Waals surface area contributed by atoms with Crippen molar-refractivity contribution in [1.29, 1.82) is 0 Å². The highest BCUT2D eigenvalue weighted by atomic mass is 32.1. The van der Waals surface area contributed by atoms with Gasteiger partial charge in [-0.3, -0.25) is 0 Å². The molecule has 0 fully saturated rings. The van der Waals surface area contributed by atoms with Crippen LogP contribution in [0.4, 0.5) is 13.2 Å². The van der Waals surface area contributed by atoms with Gasteiger partial charge in [0.2, 0.25) is 0 Å². The lowest BCUT2D eigenvalue weighted by Gasteiger charge is -2.04. The molecule has 0 saturated carbocycles. The van der Waals surface area contributed by atoms with Gasteiger partial charge in [-0.05, 0) is 0 Å². The topological polar surface area (TPSA) is 53.4 Å². The van der Waals surface area contributed by atoms with Gasteiger partial charge in [0.1, 0.15) is 0 Å². The van der Waals surface area contributed by atoms with E-state index in [-0.39, 0.29) is 17.9 Å². The Bertz CT molecular complexity index is 299. The standard InChI is InChI=1S/C7H8F3NO2S/c8-7(9,10)6-11-3-5(14-6)4(13)1-2-12/h3-4,12-13H,1-2H2/t4-/m0/s1. The van der Waals surface area contributed by atoms with Crippen LogP contribution in [0.5, 0.6) is 0 Å². The zero-order valence-electron chi connectivity index (χ0n) is 6.95. The molecule has 1 atom stereocenters. The summed E-state index contributed by atoms with van der Waals surface area (Å²) in [6.07, 6.45) is -4.55. The van der Waals surface area contributed by atoms with Crippen molar-refractivity contribution in [2.24, 2.45) is 0 Å². The summed E-state index contributed by atoms with van der Waals surface area (Å²) < 4.78 is 36.2. The second kappa shape index (κ2) is 4.24. The minimum atomic E-state index is -4.47. The third-order valence-corrected chi connectivity index (χ3v) is 2.64. The first-order valence-corrected chi connectivity index (χ1v) is 4.58. The van der Waals surface area contributed by atoms with Gasteiger partial charge in [0.05, 0.1) is 11.0 Å². The Hall–Kier alpha value is -0.660. The molecule has 1 heterocycles. The average Bonchev–Trinajstić information content (AvgIpc) is 2.51. The molecular weight excluding hydrogens is 219 g/mol. The molecule has 0 unspecified atom stereocenters. The van der Waals surface area contributed by atoms with Gasteiger partial charge in [-0.15, -0.1) is 11.3 Å². The number of thiazole rings is 1. The van der Waals surface area contributed by atoms with Gasteiger partial charge in [-0.25, -0.2) is 4.98 Å². The summed E-state index contributed by atoms with van der Waals surface area (Å²) in [5.74, 6) is 0. The summed E-state index contributed by atoms with van der Waals surface area (Å²) in [5.41, 5.74) is 0. The lowest BCUT2D eigenvalue weighted by molar-refractivity contribution is -0.137. The number of nitrogens with zero attached hydrogens (tertiary/aromatic N) is 1. The fourth-order valence-corrected chi connectivity index (χ4v) is 1.64. The quantitative estimate of drug-likeness (QED) is 0.824. The minimum Gasteiger partial charge on any atom is -0.396 e. The lowest BCUT2D eigenvalue weighted by Crippen LogP contribution is -2.03. The van der Waals surface area contributed by atoms with Gasteiger partial charge in [0, 0.05) is 19.2 Å². The normalized spacial score (nSPS) is 14.4. The van der Waals surface area contributed by atoms with Gasteiger partial charge in [0.25, 0.3) is 0 Å². The predicted molar refractivity (Wildman–Crippen MR) is 43.8 cm³/mol. The van der Waals surface area contributed by atoms with E-state index >= 15 is 0 Å². The molecule has 1 aromatic heterocycles. The van der Waals surface area contributed by atoms with Crippen LogP contribution in [0, 0.1) is 0 Å². The van der Waals surface area contributed by atoms with E-state index in [1.807, 2.05) is 0 Å². The van der Waals surface area contributed by atoms with Crippen LogP contribution in [0.25, 0.3) is 0 Å². The third-order valence-electron chi connectivity index (χ3n) is 1.50. The molecule has 7 heteroatoms. The molecule has 14 heavy (non-hydrogen) atoms. The van der Waals surface area contributed by atoms with Crippen molar-refractivity contribution in [3.05, 3.63) is 16.1 Å². The lowest BCUT2D eigenvalue weighted by atomic mass is 10.2. The molecule has 2 N–H and O–H groups in total. The Balaban J connectivity index is 2.78. The fourth-order valence-electron chi connectivity index (χ4n) is 0.836. The monoisotopic (exact) mass is 227 g/mol. The third kappa shape index (κ3) is 2.66. The number of aliphatic hydroxyl groups excluding tert-OH is 2. The van der Waals surface area contributed by atoms with Crippen LogP contribution in [0.15, 0.2) is 6.20 Å². The van der Waals surface area contributed by atoms with Crippen LogP contribution in [-0.2, 0) is 6.18 Å². The zero-order chi connectivity index (χ0) is 10.8. The summed E-state index contributed by atoms with van der Waals surface area (Å²) >= 11 is 0.391. The van der Waals surface area contributed by atoms with E-state index < -0.39 is 17.3 Å². The second-order valence-corrected chi connectivity index (χ2v) is 3.66. The van der Waals surface area contributed by atoms with Gasteiger partial charge in [-0.2, -0.15) is 13.2 Å². The van der Waals surface area contributed by atoms with E-state index in [0.717, 1.165) is 6.20 Å². The Morgan fingerprint density at radius 1 is 1.50 bits per heavy atom. The van der Waals surface area contributed by atoms with Crippen molar-refractivity contribution in [3.8, 4) is 0 Å². The Labute approximate surface area is 81.8 Å². The van der Waals surface area contributed by atoms with Crippen LogP contribution in [0.1, 0.15) is 22.4 Å². The highest BCUT2D eigenvalue weighted by Gasteiger charge is 2.35. The molecule has 1 aromatic rings. The highest BCUT2D eigenvalue weighted by molar-refractivity contribution is 7.11. The second-order valence-electron chi connectivity index (χ2n) is 2.59. The fraction of sp³-hybridized carbons (Fsp3) is 0.571. The maximum absolute atomic E-state index is 12.1.